The number of hydrazine groups is 1. The summed E-state index contributed by atoms with van der Waals surface area (Å²) in [5.74, 6) is 0. The molecular formula is C10H15N3O. The lowest BCUT2D eigenvalue weighted by Gasteiger charge is -2.20. The van der Waals surface area contributed by atoms with Crippen LogP contribution < -0.4 is 10.3 Å². The zero-order valence-corrected chi connectivity index (χ0v) is 8.69. The van der Waals surface area contributed by atoms with Gasteiger partial charge in [-0.25, -0.2) is 9.80 Å². The second-order valence-corrected chi connectivity index (χ2v) is 3.21. The van der Waals surface area contributed by atoms with Crippen LogP contribution in [0.15, 0.2) is 30.3 Å². The lowest BCUT2D eigenvalue weighted by molar-refractivity contribution is 0.219. The summed E-state index contributed by atoms with van der Waals surface area (Å²) >= 11 is 0. The summed E-state index contributed by atoms with van der Waals surface area (Å²) in [5.41, 5.74) is 3.53. The first-order valence-electron chi connectivity index (χ1n) is 4.38. The highest BCUT2D eigenvalue weighted by Crippen LogP contribution is 2.10. The number of nitrogens with one attached hydrogen (secondary N) is 1. The number of urea groups is 1. The van der Waals surface area contributed by atoms with E-state index in [-0.39, 0.29) is 6.03 Å². The SMILES string of the molecule is CN(C)NC(=O)N(C)c1ccccc1. The largest absolute Gasteiger partial charge is 0.336 e. The first kappa shape index (κ1) is 10.5. The Morgan fingerprint density at radius 1 is 1.14 bits per heavy atom. The van der Waals surface area contributed by atoms with E-state index in [4.69, 9.17) is 0 Å². The maximum atomic E-state index is 11.5. The smallest absolute Gasteiger partial charge is 0.296 e. The Labute approximate surface area is 84.1 Å². The molecule has 0 spiro atoms. The Hall–Kier alpha value is -1.55. The summed E-state index contributed by atoms with van der Waals surface area (Å²) in [4.78, 5) is 13.1. The van der Waals surface area contributed by atoms with Crippen molar-refractivity contribution in [3.05, 3.63) is 30.3 Å². The molecule has 14 heavy (non-hydrogen) atoms. The molecule has 0 heterocycles. The van der Waals surface area contributed by atoms with Gasteiger partial charge in [0.2, 0.25) is 0 Å². The van der Waals surface area contributed by atoms with Crippen LogP contribution in [0, 0.1) is 0 Å². The highest BCUT2D eigenvalue weighted by molar-refractivity contribution is 5.90. The predicted molar refractivity (Wildman–Crippen MR) is 57.1 cm³/mol. The van der Waals surface area contributed by atoms with Gasteiger partial charge in [0.1, 0.15) is 0 Å². The third-order valence-electron chi connectivity index (χ3n) is 1.77. The molecule has 76 valence electrons. The molecule has 4 heteroatoms. The van der Waals surface area contributed by atoms with E-state index in [1.807, 2.05) is 30.3 Å². The number of carbonyl (C=O) groups is 1. The van der Waals surface area contributed by atoms with Gasteiger partial charge in [0.05, 0.1) is 0 Å². The number of hydrogen-bond donors (Lipinski definition) is 1. The number of para-hydroxylation sites is 1. The number of hydrogen-bond acceptors (Lipinski definition) is 2. The molecule has 0 unspecified atom stereocenters. The third-order valence-corrected chi connectivity index (χ3v) is 1.77. The summed E-state index contributed by atoms with van der Waals surface area (Å²) < 4.78 is 0. The van der Waals surface area contributed by atoms with Crippen LogP contribution in [-0.4, -0.2) is 32.2 Å². The highest BCUT2D eigenvalue weighted by Gasteiger charge is 2.09. The number of rotatable bonds is 2. The number of anilines is 1. The quantitative estimate of drug-likeness (QED) is 0.719. The van der Waals surface area contributed by atoms with Crippen LogP contribution in [0.5, 0.6) is 0 Å². The molecule has 0 aliphatic carbocycles. The second kappa shape index (κ2) is 4.62. The van der Waals surface area contributed by atoms with Crippen molar-refractivity contribution in [1.29, 1.82) is 0 Å². The van der Waals surface area contributed by atoms with Crippen molar-refractivity contribution in [1.82, 2.24) is 10.4 Å². The average Bonchev–Trinajstić information content (AvgIpc) is 2.17. The van der Waals surface area contributed by atoms with Crippen molar-refractivity contribution in [3.63, 3.8) is 0 Å². The number of amides is 2. The maximum absolute atomic E-state index is 11.5. The highest BCUT2D eigenvalue weighted by atomic mass is 16.2. The molecular weight excluding hydrogens is 178 g/mol. The molecule has 0 aliphatic heterocycles. The van der Waals surface area contributed by atoms with E-state index < -0.39 is 0 Å². The monoisotopic (exact) mass is 193 g/mol. The molecule has 0 bridgehead atoms. The molecule has 0 aliphatic rings. The molecule has 1 aromatic carbocycles. The van der Waals surface area contributed by atoms with Gasteiger partial charge in [0.25, 0.3) is 0 Å². The molecule has 0 aromatic heterocycles. The van der Waals surface area contributed by atoms with E-state index in [9.17, 15) is 4.79 Å². The molecule has 2 amide bonds. The second-order valence-electron chi connectivity index (χ2n) is 3.21. The van der Waals surface area contributed by atoms with Crippen LogP contribution in [0.1, 0.15) is 0 Å². The van der Waals surface area contributed by atoms with Crippen molar-refractivity contribution in [2.75, 3.05) is 26.0 Å². The molecule has 0 radical (unpaired) electrons. The number of benzene rings is 1. The van der Waals surface area contributed by atoms with Gasteiger partial charge in [-0.15, -0.1) is 0 Å². The minimum absolute atomic E-state index is 0.152. The Bertz CT molecular complexity index is 297. The predicted octanol–water partition coefficient (Wildman–Crippen LogP) is 1.31. The third kappa shape index (κ3) is 2.74. The lowest BCUT2D eigenvalue weighted by atomic mass is 10.3. The van der Waals surface area contributed by atoms with Crippen molar-refractivity contribution >= 4 is 11.7 Å². The van der Waals surface area contributed by atoms with E-state index in [2.05, 4.69) is 5.43 Å². The molecule has 1 aromatic rings. The first-order chi connectivity index (χ1) is 6.61. The molecule has 1 rings (SSSR count). The van der Waals surface area contributed by atoms with E-state index >= 15 is 0 Å². The van der Waals surface area contributed by atoms with E-state index in [1.54, 1.807) is 31.1 Å². The minimum atomic E-state index is -0.152. The van der Waals surface area contributed by atoms with Crippen LogP contribution in [0.4, 0.5) is 10.5 Å². The van der Waals surface area contributed by atoms with Gasteiger partial charge in [-0.2, -0.15) is 0 Å². The fourth-order valence-electron chi connectivity index (χ4n) is 1.04. The Morgan fingerprint density at radius 2 is 1.71 bits per heavy atom. The zero-order chi connectivity index (χ0) is 10.6. The summed E-state index contributed by atoms with van der Waals surface area (Å²) in [6, 6.07) is 9.33. The van der Waals surface area contributed by atoms with Gasteiger partial charge in [0.15, 0.2) is 0 Å². The standard InChI is InChI=1S/C10H15N3O/c1-12(2)11-10(14)13(3)9-7-5-4-6-8-9/h4-8H,1-3H3,(H,11,14). The normalized spacial score (nSPS) is 10.0. The van der Waals surface area contributed by atoms with Crippen LogP contribution in [0.2, 0.25) is 0 Å². The van der Waals surface area contributed by atoms with E-state index in [1.165, 1.54) is 0 Å². The van der Waals surface area contributed by atoms with Gasteiger partial charge in [-0.3, -0.25) is 10.3 Å². The summed E-state index contributed by atoms with van der Waals surface area (Å²) in [7, 11) is 5.28. The first-order valence-corrected chi connectivity index (χ1v) is 4.38. The van der Waals surface area contributed by atoms with Gasteiger partial charge in [-0.05, 0) is 12.1 Å². The van der Waals surface area contributed by atoms with E-state index in [0.29, 0.717) is 0 Å². The average molecular weight is 193 g/mol. The molecule has 1 N–H and O–H groups in total. The summed E-state index contributed by atoms with van der Waals surface area (Å²) in [5, 5.41) is 1.61. The van der Waals surface area contributed by atoms with Crippen molar-refractivity contribution in [3.8, 4) is 0 Å². The van der Waals surface area contributed by atoms with Crippen LogP contribution >= 0.6 is 0 Å². The van der Waals surface area contributed by atoms with Crippen molar-refractivity contribution < 1.29 is 4.79 Å². The Morgan fingerprint density at radius 3 is 2.21 bits per heavy atom. The fourth-order valence-corrected chi connectivity index (χ4v) is 1.04. The molecule has 0 saturated carbocycles. The van der Waals surface area contributed by atoms with Gasteiger partial charge in [-0.1, -0.05) is 18.2 Å². The molecule has 0 fully saturated rings. The van der Waals surface area contributed by atoms with Crippen molar-refractivity contribution in [2.24, 2.45) is 0 Å². The number of carbonyl (C=O) groups excluding carboxylic acids is 1. The van der Waals surface area contributed by atoms with Crippen molar-refractivity contribution in [2.45, 2.75) is 0 Å². The molecule has 4 nitrogen and oxygen atoms in total. The lowest BCUT2D eigenvalue weighted by Crippen LogP contribution is -2.44. The van der Waals surface area contributed by atoms with E-state index in [0.717, 1.165) is 5.69 Å². The molecule has 0 atom stereocenters. The zero-order valence-electron chi connectivity index (χ0n) is 8.69. The Kier molecular flexibility index (Phi) is 3.48. The van der Waals surface area contributed by atoms with Gasteiger partial charge < -0.3 is 0 Å². The summed E-state index contributed by atoms with van der Waals surface area (Å²) in [6.45, 7) is 0. The number of nitrogens with zero attached hydrogens (tertiary/aromatic N) is 2. The molecule has 0 saturated heterocycles. The summed E-state index contributed by atoms with van der Waals surface area (Å²) in [6.07, 6.45) is 0. The van der Waals surface area contributed by atoms with Crippen LogP contribution in [0.25, 0.3) is 0 Å². The van der Waals surface area contributed by atoms with Crippen LogP contribution in [-0.2, 0) is 0 Å². The minimum Gasteiger partial charge on any atom is -0.296 e. The fraction of sp³-hybridized carbons (Fsp3) is 0.300. The maximum Gasteiger partial charge on any atom is 0.336 e. The van der Waals surface area contributed by atoms with Gasteiger partial charge in [0, 0.05) is 26.8 Å². The Balaban J connectivity index is 2.66. The van der Waals surface area contributed by atoms with Gasteiger partial charge >= 0.3 is 6.03 Å². The topological polar surface area (TPSA) is 35.6 Å². The van der Waals surface area contributed by atoms with Crippen LogP contribution in [0.3, 0.4) is 0 Å².